The summed E-state index contributed by atoms with van der Waals surface area (Å²) in [4.78, 5) is 11.9. The number of hydrogen-bond acceptors (Lipinski definition) is 16. The Morgan fingerprint density at radius 2 is 1.24 bits per heavy atom. The van der Waals surface area contributed by atoms with Gasteiger partial charge >= 0.3 is 0 Å². The summed E-state index contributed by atoms with van der Waals surface area (Å²) < 4.78 is 27.1. The molecular weight excluding hydrogens is 510 g/mol. The number of aliphatic hydroxyl groups excluding tert-OH is 10. The van der Waals surface area contributed by atoms with E-state index in [1.807, 2.05) is 0 Å². The van der Waals surface area contributed by atoms with Crippen LogP contribution in [0.1, 0.15) is 6.92 Å². The number of aliphatic hydroxyl groups is 10. The highest BCUT2D eigenvalue weighted by Gasteiger charge is 2.52. The van der Waals surface area contributed by atoms with Crippen molar-refractivity contribution in [2.45, 2.75) is 99.0 Å². The molecule has 11 N–H and O–H groups in total. The number of nitrogens with one attached hydrogen (secondary N) is 1. The molecule has 0 radical (unpaired) electrons. The fourth-order valence-corrected chi connectivity index (χ4v) is 4.35. The summed E-state index contributed by atoms with van der Waals surface area (Å²) in [5, 5.41) is 102. The van der Waals surface area contributed by atoms with Gasteiger partial charge in [-0.3, -0.25) is 4.79 Å². The lowest BCUT2D eigenvalue weighted by molar-refractivity contribution is -0.349. The van der Waals surface area contributed by atoms with Crippen LogP contribution in [0.2, 0.25) is 0 Å². The minimum absolute atomic E-state index is 0.580. The van der Waals surface area contributed by atoms with Crippen LogP contribution in [0.4, 0.5) is 0 Å². The van der Waals surface area contributed by atoms with E-state index in [-0.39, 0.29) is 0 Å². The number of amides is 1. The van der Waals surface area contributed by atoms with Crippen LogP contribution in [0, 0.1) is 0 Å². The van der Waals surface area contributed by atoms with E-state index >= 15 is 0 Å². The van der Waals surface area contributed by atoms with Gasteiger partial charge in [0.25, 0.3) is 0 Å². The predicted molar refractivity (Wildman–Crippen MR) is 113 cm³/mol. The molecule has 3 saturated heterocycles. The highest BCUT2D eigenvalue weighted by Crippen LogP contribution is 2.30. The number of carbonyl (C=O) groups is 1. The lowest BCUT2D eigenvalue weighted by Gasteiger charge is -2.47. The molecule has 0 saturated carbocycles. The Morgan fingerprint density at radius 3 is 1.84 bits per heavy atom. The Morgan fingerprint density at radius 1 is 0.703 bits per heavy atom. The second kappa shape index (κ2) is 12.8. The van der Waals surface area contributed by atoms with E-state index < -0.39 is 118 Å². The zero-order valence-electron chi connectivity index (χ0n) is 19.7. The summed E-state index contributed by atoms with van der Waals surface area (Å²) in [7, 11) is 0. The molecule has 3 fully saturated rings. The lowest BCUT2D eigenvalue weighted by atomic mass is 9.95. The first-order valence-electron chi connectivity index (χ1n) is 11.6. The minimum Gasteiger partial charge on any atom is -0.394 e. The van der Waals surface area contributed by atoms with Gasteiger partial charge in [-0.2, -0.15) is 0 Å². The maximum atomic E-state index is 11.9. The predicted octanol–water partition coefficient (Wildman–Crippen LogP) is -7.43. The first-order valence-corrected chi connectivity index (χ1v) is 11.6. The van der Waals surface area contributed by atoms with E-state index in [4.69, 9.17) is 23.7 Å². The molecule has 37 heavy (non-hydrogen) atoms. The van der Waals surface area contributed by atoms with Crippen molar-refractivity contribution in [1.82, 2.24) is 5.32 Å². The molecule has 3 aliphatic rings. The third-order valence-electron chi connectivity index (χ3n) is 6.48. The summed E-state index contributed by atoms with van der Waals surface area (Å²) in [6.07, 6.45) is -22.9. The summed E-state index contributed by atoms with van der Waals surface area (Å²) in [5.41, 5.74) is 0. The fourth-order valence-electron chi connectivity index (χ4n) is 4.35. The molecule has 0 aliphatic carbocycles. The fraction of sp³-hybridized carbons (Fsp3) is 0.950. The smallest absolute Gasteiger partial charge is 0.217 e. The Labute approximate surface area is 210 Å². The molecule has 0 aromatic heterocycles. The zero-order chi connectivity index (χ0) is 27.6. The minimum atomic E-state index is -1.85. The summed E-state index contributed by atoms with van der Waals surface area (Å²) in [5.74, 6) is -0.651. The van der Waals surface area contributed by atoms with Crippen LogP contribution in [0.25, 0.3) is 0 Å². The second-order valence-corrected chi connectivity index (χ2v) is 9.11. The van der Waals surface area contributed by atoms with E-state index in [1.165, 1.54) is 0 Å². The van der Waals surface area contributed by atoms with E-state index in [2.05, 4.69) is 5.32 Å². The van der Waals surface area contributed by atoms with Gasteiger partial charge in [0.05, 0.1) is 19.8 Å². The van der Waals surface area contributed by atoms with Crippen LogP contribution in [0.5, 0.6) is 0 Å². The van der Waals surface area contributed by atoms with Crippen LogP contribution in [0.3, 0.4) is 0 Å². The first kappa shape index (κ1) is 30.4. The molecule has 1 amide bonds. The van der Waals surface area contributed by atoms with E-state index in [1.54, 1.807) is 0 Å². The number of carbonyl (C=O) groups excluding carboxylic acids is 1. The Hall–Kier alpha value is -1.13. The monoisotopic (exact) mass is 545 g/mol. The van der Waals surface area contributed by atoms with E-state index in [9.17, 15) is 55.9 Å². The van der Waals surface area contributed by atoms with Gasteiger partial charge in [0.15, 0.2) is 18.9 Å². The molecule has 216 valence electrons. The van der Waals surface area contributed by atoms with Crippen LogP contribution in [-0.4, -0.2) is 169 Å². The van der Waals surface area contributed by atoms with E-state index in [0.717, 1.165) is 6.92 Å². The van der Waals surface area contributed by atoms with Crippen LogP contribution >= 0.6 is 0 Å². The summed E-state index contributed by atoms with van der Waals surface area (Å²) >= 11 is 0. The van der Waals surface area contributed by atoms with Crippen molar-refractivity contribution in [2.75, 3.05) is 19.8 Å². The zero-order valence-corrected chi connectivity index (χ0v) is 19.7. The number of hydrogen-bond donors (Lipinski definition) is 11. The molecule has 3 aliphatic heterocycles. The largest absolute Gasteiger partial charge is 0.394 e. The molecule has 0 spiro atoms. The van der Waals surface area contributed by atoms with Crippen LogP contribution in [0.15, 0.2) is 0 Å². The second-order valence-electron chi connectivity index (χ2n) is 9.11. The normalized spacial score (nSPS) is 49.0. The molecule has 15 atom stereocenters. The molecule has 17 nitrogen and oxygen atoms in total. The Bertz CT molecular complexity index is 745. The van der Waals surface area contributed by atoms with Gasteiger partial charge in [0.1, 0.15) is 73.2 Å². The maximum Gasteiger partial charge on any atom is 0.217 e. The topological polar surface area (TPSA) is 278 Å². The lowest BCUT2D eigenvalue weighted by Crippen LogP contribution is -2.68. The highest BCUT2D eigenvalue weighted by molar-refractivity contribution is 5.73. The summed E-state index contributed by atoms with van der Waals surface area (Å²) in [6.45, 7) is -0.982. The van der Waals surface area contributed by atoms with Crippen molar-refractivity contribution < 1.29 is 79.5 Å². The third kappa shape index (κ3) is 6.55. The van der Waals surface area contributed by atoms with Gasteiger partial charge in [-0.05, 0) is 0 Å². The van der Waals surface area contributed by atoms with Crippen molar-refractivity contribution >= 4 is 5.91 Å². The summed E-state index contributed by atoms with van der Waals surface area (Å²) in [6, 6.07) is -1.37. The molecule has 0 bridgehead atoms. The van der Waals surface area contributed by atoms with Gasteiger partial charge in [-0.15, -0.1) is 0 Å². The first-order chi connectivity index (χ1) is 17.4. The number of rotatable bonds is 8. The molecule has 0 aromatic rings. The van der Waals surface area contributed by atoms with Gasteiger partial charge in [-0.25, -0.2) is 0 Å². The number of ether oxygens (including phenoxy) is 5. The maximum absolute atomic E-state index is 11.9. The molecule has 3 heterocycles. The van der Waals surface area contributed by atoms with E-state index in [0.29, 0.717) is 0 Å². The molecule has 0 aromatic carbocycles. The SMILES string of the molecule is CC(=O)N[C@H]1[C@H](OC[C@H]2OC(O)[C@@H](O)[C@@H](O)[C@@H]2O)O[C@H](CO)[C@@H](O)[C@@H]1O[C@@H]1O[C@H](CO)[C@H](O)[C@H](O)[C@H]1O. The van der Waals surface area contributed by atoms with Gasteiger partial charge in [-0.1, -0.05) is 0 Å². The van der Waals surface area contributed by atoms with Crippen molar-refractivity contribution in [3.8, 4) is 0 Å². The quantitative estimate of drug-likeness (QED) is 0.135. The van der Waals surface area contributed by atoms with Crippen molar-refractivity contribution in [1.29, 1.82) is 0 Å². The van der Waals surface area contributed by atoms with Gasteiger partial charge < -0.3 is 80.1 Å². The van der Waals surface area contributed by atoms with Gasteiger partial charge in [0.2, 0.25) is 5.91 Å². The molecule has 17 heteroatoms. The van der Waals surface area contributed by atoms with Crippen molar-refractivity contribution in [2.24, 2.45) is 0 Å². The Balaban J connectivity index is 1.80. The van der Waals surface area contributed by atoms with Crippen molar-refractivity contribution in [3.05, 3.63) is 0 Å². The average Bonchev–Trinajstić information content (AvgIpc) is 2.86. The molecule has 3 rings (SSSR count). The van der Waals surface area contributed by atoms with Gasteiger partial charge in [0, 0.05) is 6.92 Å². The van der Waals surface area contributed by atoms with Crippen molar-refractivity contribution in [3.63, 3.8) is 0 Å². The molecule has 1 unspecified atom stereocenters. The standard InChI is InChI=1S/C20H35NO16/c1-5(24)21-9-17(37-20-16(31)14(29)10(25)6(2-22)36-20)12(27)7(3-23)35-19(9)33-4-8-11(26)13(28)15(30)18(32)34-8/h6-20,22-23,25-32H,2-4H2,1H3,(H,21,24)/t6-,7-,8-,9-,10+,11-,12-,13+,14+,15+,16-,17-,18?,19-,20+/m1/s1. The highest BCUT2D eigenvalue weighted by atomic mass is 16.7. The molecular formula is C20H35NO16. The Kier molecular flexibility index (Phi) is 10.5. The third-order valence-corrected chi connectivity index (χ3v) is 6.48. The van der Waals surface area contributed by atoms with Crippen LogP contribution < -0.4 is 5.32 Å². The van der Waals surface area contributed by atoms with Crippen LogP contribution in [-0.2, 0) is 28.5 Å². The average molecular weight is 545 g/mol.